The van der Waals surface area contributed by atoms with Crippen molar-refractivity contribution in [1.29, 1.82) is 0 Å². The average Bonchev–Trinajstić information content (AvgIpc) is 3.68. The van der Waals surface area contributed by atoms with Crippen LogP contribution in [-0.2, 0) is 5.41 Å². The van der Waals surface area contributed by atoms with Gasteiger partial charge in [-0.1, -0.05) is 163 Å². The number of nitrogens with zero attached hydrogens (tertiary/aromatic N) is 3. The minimum Gasteiger partial charge on any atom is -0.507 e. The molecule has 0 saturated heterocycles. The highest BCUT2D eigenvalue weighted by molar-refractivity contribution is 5.98. The Morgan fingerprint density at radius 3 is 1.81 bits per heavy atom. The molecule has 0 bridgehead atoms. The molecule has 0 aliphatic heterocycles. The first-order chi connectivity index (χ1) is 30.3. The molecule has 0 radical (unpaired) electrons. The Kier molecular flexibility index (Phi) is 10.9. The van der Waals surface area contributed by atoms with Gasteiger partial charge in [0.2, 0.25) is 0 Å². The standard InChI is InChI=1S/C59H55N3O/c1-37(2)45-33-50(38(3)4)57(63)51(34-45)58-61-56-49(20-15-21-55(56)62(58)54-27-26-43(35-52(54)59(6,7)8)40-16-11-9-12-17-40)47-30-46(41-18-13-10-14-19-41)31-48(32-47)53-36-44(28-29-60-53)42-24-22-39(5)23-25-42/h9-38,63H,1-8H3. The molecule has 0 aliphatic rings. The zero-order chi connectivity index (χ0) is 44.0. The zero-order valence-electron chi connectivity index (χ0n) is 37.6. The van der Waals surface area contributed by atoms with E-state index in [1.165, 1.54) is 22.3 Å². The molecule has 0 saturated carbocycles. The molecule has 0 spiro atoms. The number of aromatic nitrogens is 3. The molecule has 4 nitrogen and oxygen atoms in total. The smallest absolute Gasteiger partial charge is 0.149 e. The van der Waals surface area contributed by atoms with Gasteiger partial charge in [0.15, 0.2) is 0 Å². The number of para-hydroxylation sites is 1. The van der Waals surface area contributed by atoms with Crippen LogP contribution in [0.2, 0.25) is 0 Å². The molecule has 2 heterocycles. The predicted molar refractivity (Wildman–Crippen MR) is 265 cm³/mol. The molecule has 7 aromatic carbocycles. The molecular weight excluding hydrogens is 767 g/mol. The molecular formula is C59H55N3O. The number of fused-ring (bicyclic) bond motifs is 1. The molecule has 0 aliphatic carbocycles. The fourth-order valence-corrected chi connectivity index (χ4v) is 8.76. The van der Waals surface area contributed by atoms with E-state index in [2.05, 4.69) is 224 Å². The summed E-state index contributed by atoms with van der Waals surface area (Å²) in [5.41, 5.74) is 18.7. The summed E-state index contributed by atoms with van der Waals surface area (Å²) >= 11 is 0. The van der Waals surface area contributed by atoms with Crippen LogP contribution in [0.5, 0.6) is 5.75 Å². The third-order valence-corrected chi connectivity index (χ3v) is 12.3. The van der Waals surface area contributed by atoms with E-state index in [4.69, 9.17) is 9.97 Å². The van der Waals surface area contributed by atoms with E-state index in [0.29, 0.717) is 5.82 Å². The van der Waals surface area contributed by atoms with Crippen LogP contribution in [0, 0.1) is 6.92 Å². The number of phenolic OH excluding ortho intramolecular Hbond substituents is 1. The number of rotatable bonds is 9. The summed E-state index contributed by atoms with van der Waals surface area (Å²) < 4.78 is 2.30. The van der Waals surface area contributed by atoms with Crippen molar-refractivity contribution in [2.75, 3.05) is 0 Å². The Bertz CT molecular complexity index is 3100. The lowest BCUT2D eigenvalue weighted by molar-refractivity contribution is 0.466. The number of aromatic hydroxyl groups is 1. The van der Waals surface area contributed by atoms with E-state index in [0.717, 1.165) is 78.0 Å². The van der Waals surface area contributed by atoms with Crippen molar-refractivity contribution in [3.63, 3.8) is 0 Å². The van der Waals surface area contributed by atoms with Crippen LogP contribution >= 0.6 is 0 Å². The first-order valence-corrected chi connectivity index (χ1v) is 22.2. The molecule has 0 unspecified atom stereocenters. The Labute approximate surface area is 372 Å². The summed E-state index contributed by atoms with van der Waals surface area (Å²) in [4.78, 5) is 10.6. The van der Waals surface area contributed by atoms with Gasteiger partial charge >= 0.3 is 0 Å². The van der Waals surface area contributed by atoms with Crippen LogP contribution in [0.15, 0.2) is 170 Å². The van der Waals surface area contributed by atoms with Gasteiger partial charge < -0.3 is 5.11 Å². The van der Waals surface area contributed by atoms with Gasteiger partial charge in [-0.05, 0) is 134 Å². The second-order valence-corrected chi connectivity index (χ2v) is 18.6. The number of benzene rings is 7. The van der Waals surface area contributed by atoms with Gasteiger partial charge in [0.1, 0.15) is 11.6 Å². The number of hydrogen-bond donors (Lipinski definition) is 1. The number of imidazole rings is 1. The largest absolute Gasteiger partial charge is 0.507 e. The molecule has 312 valence electrons. The van der Waals surface area contributed by atoms with Gasteiger partial charge in [0.05, 0.1) is 28.0 Å². The van der Waals surface area contributed by atoms with E-state index in [1.54, 1.807) is 0 Å². The van der Waals surface area contributed by atoms with Crippen LogP contribution in [0.25, 0.3) is 83.9 Å². The van der Waals surface area contributed by atoms with Gasteiger partial charge in [0, 0.05) is 17.3 Å². The maximum Gasteiger partial charge on any atom is 0.149 e. The van der Waals surface area contributed by atoms with Gasteiger partial charge in [-0.2, -0.15) is 0 Å². The van der Waals surface area contributed by atoms with Crippen molar-refractivity contribution >= 4 is 11.0 Å². The molecule has 0 atom stereocenters. The van der Waals surface area contributed by atoms with Crippen LogP contribution in [0.1, 0.15) is 82.6 Å². The van der Waals surface area contributed by atoms with Crippen LogP contribution in [0.3, 0.4) is 0 Å². The third kappa shape index (κ3) is 8.10. The van der Waals surface area contributed by atoms with E-state index >= 15 is 0 Å². The molecule has 0 fully saturated rings. The Morgan fingerprint density at radius 2 is 1.14 bits per heavy atom. The van der Waals surface area contributed by atoms with Crippen molar-refractivity contribution in [1.82, 2.24) is 14.5 Å². The lowest BCUT2D eigenvalue weighted by Gasteiger charge is -2.26. The topological polar surface area (TPSA) is 50.9 Å². The maximum atomic E-state index is 12.3. The Balaban J connectivity index is 1.33. The number of phenols is 1. The molecule has 2 aromatic heterocycles. The van der Waals surface area contributed by atoms with Crippen molar-refractivity contribution in [2.45, 2.75) is 72.6 Å². The van der Waals surface area contributed by atoms with E-state index in [9.17, 15) is 5.11 Å². The Morgan fingerprint density at radius 1 is 0.524 bits per heavy atom. The van der Waals surface area contributed by atoms with E-state index in [1.807, 2.05) is 6.20 Å². The third-order valence-electron chi connectivity index (χ3n) is 12.3. The first-order valence-electron chi connectivity index (χ1n) is 22.2. The lowest BCUT2D eigenvalue weighted by atomic mass is 9.83. The van der Waals surface area contributed by atoms with Gasteiger partial charge in [0.25, 0.3) is 0 Å². The first kappa shape index (κ1) is 41.3. The van der Waals surface area contributed by atoms with E-state index in [-0.39, 0.29) is 23.0 Å². The van der Waals surface area contributed by atoms with E-state index < -0.39 is 0 Å². The number of hydrogen-bond acceptors (Lipinski definition) is 3. The van der Waals surface area contributed by atoms with Crippen molar-refractivity contribution in [3.8, 4) is 78.6 Å². The minimum absolute atomic E-state index is 0.114. The number of aryl methyl sites for hydroxylation is 1. The summed E-state index contributed by atoms with van der Waals surface area (Å²) in [6.45, 7) is 17.7. The van der Waals surface area contributed by atoms with Gasteiger partial charge in [-0.25, -0.2) is 4.98 Å². The fraction of sp³-hybridized carbons (Fsp3) is 0.186. The van der Waals surface area contributed by atoms with Gasteiger partial charge in [-0.15, -0.1) is 0 Å². The Hall–Kier alpha value is -7.04. The molecule has 4 heteroatoms. The van der Waals surface area contributed by atoms with Crippen molar-refractivity contribution in [2.24, 2.45) is 0 Å². The quantitative estimate of drug-likeness (QED) is 0.158. The second-order valence-electron chi connectivity index (χ2n) is 18.6. The van der Waals surface area contributed by atoms with Crippen LogP contribution in [0.4, 0.5) is 0 Å². The second kappa shape index (κ2) is 16.7. The highest BCUT2D eigenvalue weighted by Crippen LogP contribution is 2.45. The average molecular weight is 822 g/mol. The summed E-state index contributed by atoms with van der Waals surface area (Å²) in [7, 11) is 0. The number of pyridine rings is 1. The lowest BCUT2D eigenvalue weighted by Crippen LogP contribution is -2.16. The molecule has 9 aromatic rings. The summed E-state index contributed by atoms with van der Waals surface area (Å²) in [6, 6.07) is 58.5. The molecule has 63 heavy (non-hydrogen) atoms. The van der Waals surface area contributed by atoms with Crippen molar-refractivity contribution < 1.29 is 5.11 Å². The zero-order valence-corrected chi connectivity index (χ0v) is 37.6. The van der Waals surface area contributed by atoms with Crippen LogP contribution in [-0.4, -0.2) is 19.6 Å². The summed E-state index contributed by atoms with van der Waals surface area (Å²) in [6.07, 6.45) is 1.91. The molecule has 1 N–H and O–H groups in total. The summed E-state index contributed by atoms with van der Waals surface area (Å²) in [5, 5.41) is 12.3. The fourth-order valence-electron chi connectivity index (χ4n) is 8.76. The summed E-state index contributed by atoms with van der Waals surface area (Å²) in [5.74, 6) is 1.36. The molecule has 0 amide bonds. The van der Waals surface area contributed by atoms with Gasteiger partial charge in [-0.3, -0.25) is 9.55 Å². The normalized spacial score (nSPS) is 11.8. The minimum atomic E-state index is -0.227. The van der Waals surface area contributed by atoms with Crippen LogP contribution < -0.4 is 0 Å². The highest BCUT2D eigenvalue weighted by Gasteiger charge is 2.27. The molecule has 9 rings (SSSR count). The maximum absolute atomic E-state index is 12.3. The highest BCUT2D eigenvalue weighted by atomic mass is 16.3. The predicted octanol–water partition coefficient (Wildman–Crippen LogP) is 16.0. The van der Waals surface area contributed by atoms with Crippen molar-refractivity contribution in [3.05, 3.63) is 192 Å². The monoisotopic (exact) mass is 821 g/mol. The SMILES string of the molecule is Cc1ccc(-c2ccnc(-c3cc(-c4ccccc4)cc(-c4cccc5c4nc(-c4cc(C(C)C)cc(C(C)C)c4O)n5-c4ccc(-c5ccccc5)cc4C(C)(C)C)c3)c2)cc1.